The number of aryl methyl sites for hydroxylation is 1. The van der Waals surface area contributed by atoms with Gasteiger partial charge in [0.25, 0.3) is 0 Å². The van der Waals surface area contributed by atoms with E-state index in [1.807, 2.05) is 6.92 Å². The number of hydrogen-bond donors (Lipinski definition) is 3. The van der Waals surface area contributed by atoms with Gasteiger partial charge < -0.3 is 15.4 Å². The van der Waals surface area contributed by atoms with Crippen LogP contribution in [0.15, 0.2) is 6.33 Å². The van der Waals surface area contributed by atoms with E-state index >= 15 is 0 Å². The molecule has 1 aliphatic rings. The number of aliphatic hydroxyl groups excluding tert-OH is 1. The van der Waals surface area contributed by atoms with Crippen LogP contribution in [0.5, 0.6) is 0 Å². The number of nitrogens with one attached hydrogen (secondary N) is 2. The van der Waals surface area contributed by atoms with Crippen molar-refractivity contribution in [1.82, 2.24) is 15.3 Å². The molecule has 3 N–H and O–H groups in total. The molecule has 0 amide bonds. The zero-order chi connectivity index (χ0) is 11.4. The monoisotopic (exact) mass is 223 g/mol. The van der Waals surface area contributed by atoms with E-state index in [0.29, 0.717) is 0 Å². The second-order valence-corrected chi connectivity index (χ2v) is 4.78. The summed E-state index contributed by atoms with van der Waals surface area (Å²) in [5.41, 5.74) is 2.25. The Bertz CT molecular complexity index is 316. The minimum atomic E-state index is -0.0511. The summed E-state index contributed by atoms with van der Waals surface area (Å²) in [7, 11) is 0. The van der Waals surface area contributed by atoms with Crippen molar-refractivity contribution in [1.29, 1.82) is 0 Å². The Morgan fingerprint density at radius 3 is 2.81 bits per heavy atom. The Kier molecular flexibility index (Phi) is 3.96. The molecule has 1 aliphatic carbocycles. The van der Waals surface area contributed by atoms with Crippen molar-refractivity contribution in [2.45, 2.75) is 45.3 Å². The van der Waals surface area contributed by atoms with Crippen LogP contribution >= 0.6 is 0 Å². The van der Waals surface area contributed by atoms with Gasteiger partial charge in [-0.25, -0.2) is 4.98 Å². The van der Waals surface area contributed by atoms with Crippen LogP contribution in [0.25, 0.3) is 0 Å². The molecule has 1 saturated carbocycles. The van der Waals surface area contributed by atoms with Crippen molar-refractivity contribution in [3.63, 3.8) is 0 Å². The fraction of sp³-hybridized carbons (Fsp3) is 0.750. The number of nitrogens with zero attached hydrogens (tertiary/aromatic N) is 1. The maximum Gasteiger partial charge on any atom is 0.0925 e. The van der Waals surface area contributed by atoms with Crippen molar-refractivity contribution in [2.24, 2.45) is 5.92 Å². The van der Waals surface area contributed by atoms with E-state index in [1.54, 1.807) is 6.33 Å². The summed E-state index contributed by atoms with van der Waals surface area (Å²) in [6, 6.07) is 0. The normalized spacial score (nSPS) is 25.9. The molecule has 0 aliphatic heterocycles. The molecule has 1 heterocycles. The summed E-state index contributed by atoms with van der Waals surface area (Å²) in [4.78, 5) is 7.33. The smallest absolute Gasteiger partial charge is 0.0925 e. The molecular formula is C12H21N3O. The standard InChI is InChI=1S/C12H21N3O/c1-9-12(15-8-14-9)7-13-6-10-2-4-11(16)5-3-10/h8,10-11,13,16H,2-7H2,1H3,(H,14,15). The van der Waals surface area contributed by atoms with Gasteiger partial charge in [0, 0.05) is 12.2 Å². The van der Waals surface area contributed by atoms with Gasteiger partial charge in [0.15, 0.2) is 0 Å². The van der Waals surface area contributed by atoms with Crippen molar-refractivity contribution < 1.29 is 5.11 Å². The lowest BCUT2D eigenvalue weighted by molar-refractivity contribution is 0.108. The third-order valence-electron chi connectivity index (χ3n) is 3.48. The van der Waals surface area contributed by atoms with E-state index in [1.165, 1.54) is 0 Å². The molecule has 0 saturated heterocycles. The molecule has 4 nitrogen and oxygen atoms in total. The molecule has 0 bridgehead atoms. The molecule has 1 fully saturated rings. The van der Waals surface area contributed by atoms with Crippen LogP contribution in [0.1, 0.15) is 37.1 Å². The topological polar surface area (TPSA) is 60.9 Å². The average Bonchev–Trinajstić information content (AvgIpc) is 2.68. The first-order valence-electron chi connectivity index (χ1n) is 6.13. The first kappa shape index (κ1) is 11.6. The minimum Gasteiger partial charge on any atom is -0.393 e. The van der Waals surface area contributed by atoms with Crippen LogP contribution in [0.4, 0.5) is 0 Å². The molecule has 90 valence electrons. The third kappa shape index (κ3) is 3.06. The molecule has 2 rings (SSSR count). The van der Waals surface area contributed by atoms with E-state index in [-0.39, 0.29) is 6.10 Å². The fourth-order valence-corrected chi connectivity index (χ4v) is 2.31. The average molecular weight is 223 g/mol. The lowest BCUT2D eigenvalue weighted by atomic mass is 9.87. The Morgan fingerprint density at radius 2 is 2.19 bits per heavy atom. The van der Waals surface area contributed by atoms with Gasteiger partial charge in [0.1, 0.15) is 0 Å². The predicted octanol–water partition coefficient (Wildman–Crippen LogP) is 1.36. The van der Waals surface area contributed by atoms with E-state index in [9.17, 15) is 5.11 Å². The lowest BCUT2D eigenvalue weighted by Gasteiger charge is -2.25. The van der Waals surface area contributed by atoms with Gasteiger partial charge in [-0.2, -0.15) is 0 Å². The predicted molar refractivity (Wildman–Crippen MR) is 63.0 cm³/mol. The Balaban J connectivity index is 1.67. The van der Waals surface area contributed by atoms with Gasteiger partial charge in [-0.1, -0.05) is 0 Å². The summed E-state index contributed by atoms with van der Waals surface area (Å²) < 4.78 is 0. The quantitative estimate of drug-likeness (QED) is 0.722. The largest absolute Gasteiger partial charge is 0.393 e. The summed E-state index contributed by atoms with van der Waals surface area (Å²) in [6.07, 6.45) is 5.91. The molecule has 4 heteroatoms. The lowest BCUT2D eigenvalue weighted by Crippen LogP contribution is -2.27. The van der Waals surface area contributed by atoms with Gasteiger partial charge in [-0.05, 0) is 45.1 Å². The van der Waals surface area contributed by atoms with Gasteiger partial charge in [-0.3, -0.25) is 0 Å². The highest BCUT2D eigenvalue weighted by Crippen LogP contribution is 2.23. The SMILES string of the molecule is Cc1[nH]cnc1CNCC1CCC(O)CC1. The Hall–Kier alpha value is -0.870. The van der Waals surface area contributed by atoms with Gasteiger partial charge in [0.2, 0.25) is 0 Å². The number of imidazole rings is 1. The zero-order valence-electron chi connectivity index (χ0n) is 9.87. The summed E-state index contributed by atoms with van der Waals surface area (Å²) in [6.45, 7) is 3.92. The van der Waals surface area contributed by atoms with E-state index in [4.69, 9.17) is 0 Å². The maximum absolute atomic E-state index is 9.40. The van der Waals surface area contributed by atoms with Gasteiger partial charge >= 0.3 is 0 Å². The number of hydrogen-bond acceptors (Lipinski definition) is 3. The van der Waals surface area contributed by atoms with E-state index in [0.717, 1.165) is 56.1 Å². The highest BCUT2D eigenvalue weighted by atomic mass is 16.3. The minimum absolute atomic E-state index is 0.0511. The molecule has 0 radical (unpaired) electrons. The van der Waals surface area contributed by atoms with E-state index < -0.39 is 0 Å². The first-order chi connectivity index (χ1) is 7.75. The van der Waals surface area contributed by atoms with Crippen LogP contribution in [0.3, 0.4) is 0 Å². The number of aromatic amines is 1. The molecular weight excluding hydrogens is 202 g/mol. The maximum atomic E-state index is 9.40. The fourth-order valence-electron chi connectivity index (χ4n) is 2.31. The molecule has 0 spiro atoms. The molecule has 1 aromatic rings. The van der Waals surface area contributed by atoms with Crippen LogP contribution in [0.2, 0.25) is 0 Å². The Morgan fingerprint density at radius 1 is 1.44 bits per heavy atom. The summed E-state index contributed by atoms with van der Waals surface area (Å²) >= 11 is 0. The zero-order valence-corrected chi connectivity index (χ0v) is 9.87. The van der Waals surface area contributed by atoms with Crippen LogP contribution in [-0.2, 0) is 6.54 Å². The second kappa shape index (κ2) is 5.46. The number of rotatable bonds is 4. The van der Waals surface area contributed by atoms with Crippen LogP contribution in [0, 0.1) is 12.8 Å². The van der Waals surface area contributed by atoms with Crippen molar-refractivity contribution in [2.75, 3.05) is 6.54 Å². The van der Waals surface area contributed by atoms with Crippen molar-refractivity contribution in [3.05, 3.63) is 17.7 Å². The van der Waals surface area contributed by atoms with Crippen molar-refractivity contribution >= 4 is 0 Å². The molecule has 0 unspecified atom stereocenters. The first-order valence-corrected chi connectivity index (χ1v) is 6.13. The second-order valence-electron chi connectivity index (χ2n) is 4.78. The highest BCUT2D eigenvalue weighted by Gasteiger charge is 2.18. The number of aromatic nitrogens is 2. The Labute approximate surface area is 96.5 Å². The molecule has 0 aromatic carbocycles. The van der Waals surface area contributed by atoms with Gasteiger partial charge in [-0.15, -0.1) is 0 Å². The van der Waals surface area contributed by atoms with E-state index in [2.05, 4.69) is 15.3 Å². The third-order valence-corrected chi connectivity index (χ3v) is 3.48. The molecule has 1 aromatic heterocycles. The van der Waals surface area contributed by atoms with Crippen molar-refractivity contribution in [3.8, 4) is 0 Å². The summed E-state index contributed by atoms with van der Waals surface area (Å²) in [5, 5.41) is 12.9. The number of H-pyrrole nitrogens is 1. The van der Waals surface area contributed by atoms with Crippen LogP contribution < -0.4 is 5.32 Å². The van der Waals surface area contributed by atoms with Crippen LogP contribution in [-0.4, -0.2) is 27.7 Å². The summed E-state index contributed by atoms with van der Waals surface area (Å²) in [5.74, 6) is 0.725. The molecule has 0 atom stereocenters. The van der Waals surface area contributed by atoms with Gasteiger partial charge in [0.05, 0.1) is 18.1 Å². The number of aliphatic hydroxyl groups is 1. The molecule has 16 heavy (non-hydrogen) atoms. The highest BCUT2D eigenvalue weighted by molar-refractivity contribution is 5.07.